The van der Waals surface area contributed by atoms with E-state index in [1.54, 1.807) is 24.3 Å². The number of carbonyl (C=O) groups excluding carboxylic acids is 1. The first-order chi connectivity index (χ1) is 13.4. The molecular weight excluding hydrogens is 396 g/mol. The van der Waals surface area contributed by atoms with Crippen LogP contribution in [0.2, 0.25) is 5.02 Å². The first-order valence-corrected chi connectivity index (χ1v) is 11.5. The summed E-state index contributed by atoms with van der Waals surface area (Å²) in [7, 11) is -3.48. The molecule has 2 heterocycles. The topological polar surface area (TPSA) is 57.7 Å². The fourth-order valence-corrected chi connectivity index (χ4v) is 5.80. The highest BCUT2D eigenvalue weighted by Crippen LogP contribution is 2.31. The molecule has 1 amide bonds. The summed E-state index contributed by atoms with van der Waals surface area (Å²) in [6.07, 6.45) is 2.28. The number of piperidine rings is 1. The smallest absolute Gasteiger partial charge is 0.231 e. The molecule has 2 aromatic carbocycles. The molecule has 2 aromatic rings. The molecule has 1 saturated heterocycles. The molecule has 2 aliphatic heterocycles. The molecule has 0 aromatic heterocycles. The van der Waals surface area contributed by atoms with Gasteiger partial charge >= 0.3 is 0 Å². The minimum atomic E-state index is -3.48. The molecule has 0 aliphatic carbocycles. The third kappa shape index (κ3) is 3.95. The lowest BCUT2D eigenvalue weighted by atomic mass is 9.98. The molecule has 0 N–H and O–H groups in total. The van der Waals surface area contributed by atoms with E-state index in [0.29, 0.717) is 30.1 Å². The van der Waals surface area contributed by atoms with E-state index in [1.807, 2.05) is 29.2 Å². The number of hydrogen-bond acceptors (Lipinski definition) is 3. The molecule has 7 heteroatoms. The third-order valence-corrected chi connectivity index (χ3v) is 7.61. The fourth-order valence-electron chi connectivity index (χ4n) is 4.07. The molecule has 0 bridgehead atoms. The highest BCUT2D eigenvalue weighted by Gasteiger charge is 2.36. The summed E-state index contributed by atoms with van der Waals surface area (Å²) in [5, 5.41) is 0.579. The van der Waals surface area contributed by atoms with Gasteiger partial charge in [-0.15, -0.1) is 0 Å². The zero-order valence-corrected chi connectivity index (χ0v) is 17.1. The van der Waals surface area contributed by atoms with E-state index in [9.17, 15) is 13.2 Å². The SMILES string of the molecule is O=C(C1CCCN(S(=O)(=O)Cc2ccc(Cl)cc2)C1)N1CCc2ccccc21. The van der Waals surface area contributed by atoms with Gasteiger partial charge in [0, 0.05) is 30.3 Å². The van der Waals surface area contributed by atoms with Crippen LogP contribution in [0, 0.1) is 5.92 Å². The molecule has 1 atom stereocenters. The van der Waals surface area contributed by atoms with E-state index in [4.69, 9.17) is 11.6 Å². The van der Waals surface area contributed by atoms with Gasteiger partial charge in [0.2, 0.25) is 15.9 Å². The first-order valence-electron chi connectivity index (χ1n) is 9.55. The molecule has 0 radical (unpaired) electrons. The Morgan fingerprint density at radius 3 is 2.61 bits per heavy atom. The maximum Gasteiger partial charge on any atom is 0.231 e. The van der Waals surface area contributed by atoms with Gasteiger partial charge in [0.25, 0.3) is 0 Å². The normalized spacial score (nSPS) is 20.2. The van der Waals surface area contributed by atoms with Gasteiger partial charge < -0.3 is 4.90 Å². The van der Waals surface area contributed by atoms with Crippen LogP contribution in [0.4, 0.5) is 5.69 Å². The highest BCUT2D eigenvalue weighted by molar-refractivity contribution is 7.88. The second kappa shape index (κ2) is 7.85. The molecule has 2 aliphatic rings. The Labute approximate surface area is 171 Å². The van der Waals surface area contributed by atoms with Gasteiger partial charge in [0.1, 0.15) is 0 Å². The first kappa shape index (κ1) is 19.4. The van der Waals surface area contributed by atoms with Crippen LogP contribution in [0.25, 0.3) is 0 Å². The van der Waals surface area contributed by atoms with E-state index >= 15 is 0 Å². The van der Waals surface area contributed by atoms with E-state index in [2.05, 4.69) is 0 Å². The Morgan fingerprint density at radius 1 is 1.07 bits per heavy atom. The van der Waals surface area contributed by atoms with Crippen LogP contribution < -0.4 is 4.90 Å². The summed E-state index contributed by atoms with van der Waals surface area (Å²) < 4.78 is 27.3. The average Bonchev–Trinajstić information content (AvgIpc) is 3.13. The number of hydrogen-bond donors (Lipinski definition) is 0. The zero-order chi connectivity index (χ0) is 19.7. The van der Waals surface area contributed by atoms with Gasteiger partial charge in [-0.05, 0) is 48.6 Å². The number of benzene rings is 2. The number of rotatable bonds is 4. The Kier molecular flexibility index (Phi) is 5.45. The molecule has 4 rings (SSSR count). The summed E-state index contributed by atoms with van der Waals surface area (Å²) in [4.78, 5) is 14.9. The number of halogens is 1. The van der Waals surface area contributed by atoms with Crippen molar-refractivity contribution in [2.45, 2.75) is 25.0 Å². The summed E-state index contributed by atoms with van der Waals surface area (Å²) in [6.45, 7) is 1.40. The van der Waals surface area contributed by atoms with Gasteiger partial charge in [-0.1, -0.05) is 41.9 Å². The van der Waals surface area contributed by atoms with Crippen LogP contribution in [0.3, 0.4) is 0 Å². The van der Waals surface area contributed by atoms with Crippen molar-refractivity contribution in [3.05, 3.63) is 64.7 Å². The van der Waals surface area contributed by atoms with Crippen LogP contribution >= 0.6 is 11.6 Å². The van der Waals surface area contributed by atoms with Crippen molar-refractivity contribution in [3.8, 4) is 0 Å². The monoisotopic (exact) mass is 418 g/mol. The molecule has 148 valence electrons. The number of para-hydroxylation sites is 1. The van der Waals surface area contributed by atoms with E-state index in [0.717, 1.165) is 18.5 Å². The zero-order valence-electron chi connectivity index (χ0n) is 15.6. The fraction of sp³-hybridized carbons (Fsp3) is 0.381. The molecule has 1 unspecified atom stereocenters. The lowest BCUT2D eigenvalue weighted by Crippen LogP contribution is -2.46. The summed E-state index contributed by atoms with van der Waals surface area (Å²) in [5.41, 5.74) is 2.85. The molecular formula is C21H23ClN2O3S. The number of nitrogens with zero attached hydrogens (tertiary/aromatic N) is 2. The van der Waals surface area contributed by atoms with Crippen molar-refractivity contribution in [2.75, 3.05) is 24.5 Å². The van der Waals surface area contributed by atoms with Crippen LogP contribution in [0.1, 0.15) is 24.0 Å². The summed E-state index contributed by atoms with van der Waals surface area (Å²) in [6, 6.07) is 14.8. The van der Waals surface area contributed by atoms with Crippen molar-refractivity contribution >= 4 is 33.2 Å². The van der Waals surface area contributed by atoms with Gasteiger partial charge in [0.15, 0.2) is 0 Å². The largest absolute Gasteiger partial charge is 0.312 e. The molecule has 1 fully saturated rings. The number of carbonyl (C=O) groups is 1. The van der Waals surface area contributed by atoms with E-state index in [-0.39, 0.29) is 24.1 Å². The highest BCUT2D eigenvalue weighted by atomic mass is 35.5. The second-order valence-electron chi connectivity index (χ2n) is 7.45. The quantitative estimate of drug-likeness (QED) is 0.763. The van der Waals surface area contributed by atoms with Gasteiger partial charge in [-0.2, -0.15) is 0 Å². The Hall–Kier alpha value is -1.89. The van der Waals surface area contributed by atoms with Crippen molar-refractivity contribution in [1.82, 2.24) is 4.31 Å². The van der Waals surface area contributed by atoms with Gasteiger partial charge in [-0.3, -0.25) is 4.79 Å². The lowest BCUT2D eigenvalue weighted by Gasteiger charge is -2.33. The Balaban J connectivity index is 1.47. The molecule has 5 nitrogen and oxygen atoms in total. The van der Waals surface area contributed by atoms with Crippen molar-refractivity contribution in [1.29, 1.82) is 0 Å². The third-order valence-electron chi connectivity index (χ3n) is 5.54. The predicted molar refractivity (Wildman–Crippen MR) is 111 cm³/mol. The maximum absolute atomic E-state index is 13.1. The number of sulfonamides is 1. The number of anilines is 1. The van der Waals surface area contributed by atoms with E-state index < -0.39 is 10.0 Å². The average molecular weight is 419 g/mol. The van der Waals surface area contributed by atoms with Gasteiger partial charge in [-0.25, -0.2) is 12.7 Å². The van der Waals surface area contributed by atoms with Crippen LogP contribution in [0.15, 0.2) is 48.5 Å². The molecule has 0 saturated carbocycles. The summed E-state index contributed by atoms with van der Waals surface area (Å²) >= 11 is 5.88. The Morgan fingerprint density at radius 2 is 1.82 bits per heavy atom. The van der Waals surface area contributed by atoms with Crippen molar-refractivity contribution in [3.63, 3.8) is 0 Å². The van der Waals surface area contributed by atoms with Crippen molar-refractivity contribution in [2.24, 2.45) is 5.92 Å². The van der Waals surface area contributed by atoms with Crippen LogP contribution in [-0.2, 0) is 27.0 Å². The number of amides is 1. The minimum Gasteiger partial charge on any atom is -0.312 e. The maximum atomic E-state index is 13.1. The lowest BCUT2D eigenvalue weighted by molar-refractivity contribution is -0.123. The number of fused-ring (bicyclic) bond motifs is 1. The summed E-state index contributed by atoms with van der Waals surface area (Å²) in [5.74, 6) is -0.325. The minimum absolute atomic E-state index is 0.0383. The molecule has 0 spiro atoms. The standard InChI is InChI=1S/C21H23ClN2O3S/c22-19-9-7-16(8-10-19)15-28(26,27)23-12-3-5-18(14-23)21(25)24-13-11-17-4-1-2-6-20(17)24/h1-2,4,6-10,18H,3,5,11-15H2. The van der Waals surface area contributed by atoms with Gasteiger partial charge in [0.05, 0.1) is 11.7 Å². The van der Waals surface area contributed by atoms with Crippen LogP contribution in [0.5, 0.6) is 0 Å². The molecule has 28 heavy (non-hydrogen) atoms. The predicted octanol–water partition coefficient (Wildman–Crippen LogP) is 3.47. The second-order valence-corrected chi connectivity index (χ2v) is 9.85. The Bertz CT molecular complexity index is 975. The van der Waals surface area contributed by atoms with Crippen LogP contribution in [-0.4, -0.2) is 38.3 Å². The van der Waals surface area contributed by atoms with E-state index in [1.165, 1.54) is 9.87 Å². The van der Waals surface area contributed by atoms with Crippen molar-refractivity contribution < 1.29 is 13.2 Å².